The van der Waals surface area contributed by atoms with Crippen LogP contribution >= 0.6 is 0 Å². The van der Waals surface area contributed by atoms with E-state index in [1.807, 2.05) is 32.0 Å². The van der Waals surface area contributed by atoms with E-state index in [4.69, 9.17) is 4.74 Å². The van der Waals surface area contributed by atoms with Crippen molar-refractivity contribution in [3.63, 3.8) is 0 Å². The molecule has 0 heterocycles. The van der Waals surface area contributed by atoms with Crippen LogP contribution in [-0.4, -0.2) is 13.3 Å². The van der Waals surface area contributed by atoms with E-state index in [0.717, 1.165) is 16.9 Å². The summed E-state index contributed by atoms with van der Waals surface area (Å²) in [5.41, 5.74) is 2.22. The number of hydrogen-bond acceptors (Lipinski definition) is 1. The van der Waals surface area contributed by atoms with Crippen molar-refractivity contribution in [1.29, 1.82) is 0 Å². The Hall–Kier alpha value is -1.05. The number of ether oxygens (including phenoxy) is 1. The molecule has 13 heavy (non-hydrogen) atoms. The molecule has 0 atom stereocenters. The third-order valence-corrected chi connectivity index (χ3v) is 1.93. The Labute approximate surface area is 78.5 Å². The molecule has 0 aromatic heterocycles. The molecule has 0 radical (unpaired) electrons. The Balaban J connectivity index is 2.64. The molecule has 0 spiro atoms. The molecule has 0 aliphatic carbocycles. The number of alkyl halides is 1. The van der Waals surface area contributed by atoms with Crippen molar-refractivity contribution in [2.24, 2.45) is 0 Å². The summed E-state index contributed by atoms with van der Waals surface area (Å²) in [4.78, 5) is 0. The van der Waals surface area contributed by atoms with Crippen LogP contribution in [0.4, 0.5) is 4.39 Å². The summed E-state index contributed by atoms with van der Waals surface area (Å²) in [6.45, 7) is 4.14. The van der Waals surface area contributed by atoms with Gasteiger partial charge in [-0.2, -0.15) is 0 Å². The van der Waals surface area contributed by atoms with Gasteiger partial charge in [0, 0.05) is 6.42 Å². The first-order valence-corrected chi connectivity index (χ1v) is 4.50. The molecule has 0 saturated carbocycles. The van der Waals surface area contributed by atoms with Crippen molar-refractivity contribution in [1.82, 2.24) is 0 Å². The van der Waals surface area contributed by atoms with Crippen molar-refractivity contribution in [2.75, 3.05) is 13.3 Å². The van der Waals surface area contributed by atoms with Crippen molar-refractivity contribution < 1.29 is 9.13 Å². The Morgan fingerprint density at radius 2 is 1.85 bits per heavy atom. The predicted octanol–water partition coefficient (Wildman–Crippen LogP) is 3.04. The van der Waals surface area contributed by atoms with Crippen LogP contribution < -0.4 is 4.74 Å². The topological polar surface area (TPSA) is 9.23 Å². The second-order valence-electron chi connectivity index (χ2n) is 3.11. The summed E-state index contributed by atoms with van der Waals surface area (Å²) >= 11 is 0. The molecule has 2 heteroatoms. The van der Waals surface area contributed by atoms with Gasteiger partial charge in [-0.1, -0.05) is 18.2 Å². The van der Waals surface area contributed by atoms with E-state index < -0.39 is 0 Å². The van der Waals surface area contributed by atoms with E-state index in [9.17, 15) is 4.39 Å². The summed E-state index contributed by atoms with van der Waals surface area (Å²) in [6, 6.07) is 5.99. The molecule has 0 amide bonds. The molecule has 72 valence electrons. The zero-order valence-corrected chi connectivity index (χ0v) is 8.14. The Kier molecular flexibility index (Phi) is 3.74. The second-order valence-corrected chi connectivity index (χ2v) is 3.11. The third kappa shape index (κ3) is 2.72. The van der Waals surface area contributed by atoms with Gasteiger partial charge in [-0.05, 0) is 25.0 Å². The minimum absolute atomic E-state index is 0.315. The van der Waals surface area contributed by atoms with E-state index in [1.165, 1.54) is 0 Å². The molecule has 0 fully saturated rings. The van der Waals surface area contributed by atoms with Crippen molar-refractivity contribution in [3.8, 4) is 5.75 Å². The molecule has 0 aliphatic rings. The lowest BCUT2D eigenvalue weighted by Crippen LogP contribution is -2.01. The van der Waals surface area contributed by atoms with Crippen LogP contribution in [-0.2, 0) is 0 Å². The number of benzene rings is 1. The van der Waals surface area contributed by atoms with Gasteiger partial charge in [-0.3, -0.25) is 4.39 Å². The highest BCUT2D eigenvalue weighted by atomic mass is 19.1. The number of aryl methyl sites for hydroxylation is 2. The van der Waals surface area contributed by atoms with Crippen LogP contribution in [0.25, 0.3) is 0 Å². The third-order valence-electron chi connectivity index (χ3n) is 1.93. The molecule has 1 rings (SSSR count). The molecule has 1 aromatic carbocycles. The van der Waals surface area contributed by atoms with Crippen LogP contribution in [0.2, 0.25) is 0 Å². The highest BCUT2D eigenvalue weighted by molar-refractivity contribution is 5.39. The fraction of sp³-hybridized carbons (Fsp3) is 0.455. The standard InChI is InChI=1S/C11H15FO/c1-9-5-3-6-10(2)11(9)13-8-4-7-12/h3,5-6H,4,7-8H2,1-2H3. The zero-order valence-electron chi connectivity index (χ0n) is 8.14. The normalized spacial score (nSPS) is 10.1. The van der Waals surface area contributed by atoms with Gasteiger partial charge in [0.2, 0.25) is 0 Å². The largest absolute Gasteiger partial charge is 0.493 e. The van der Waals surface area contributed by atoms with Gasteiger partial charge in [-0.15, -0.1) is 0 Å². The molecule has 0 bridgehead atoms. The smallest absolute Gasteiger partial charge is 0.125 e. The number of para-hydroxylation sites is 1. The molecular weight excluding hydrogens is 167 g/mol. The van der Waals surface area contributed by atoms with Gasteiger partial charge in [0.1, 0.15) is 5.75 Å². The zero-order chi connectivity index (χ0) is 9.68. The van der Waals surface area contributed by atoms with E-state index in [0.29, 0.717) is 13.0 Å². The maximum Gasteiger partial charge on any atom is 0.125 e. The SMILES string of the molecule is Cc1cccc(C)c1OCCCF. The maximum absolute atomic E-state index is 11.8. The lowest BCUT2D eigenvalue weighted by atomic mass is 10.1. The average Bonchev–Trinajstić information content (AvgIpc) is 2.10. The van der Waals surface area contributed by atoms with Gasteiger partial charge >= 0.3 is 0 Å². The second kappa shape index (κ2) is 4.85. The Morgan fingerprint density at radius 3 is 2.38 bits per heavy atom. The molecule has 0 saturated heterocycles. The van der Waals surface area contributed by atoms with Gasteiger partial charge in [0.25, 0.3) is 0 Å². The number of hydrogen-bond donors (Lipinski definition) is 0. The number of rotatable bonds is 4. The summed E-state index contributed by atoms with van der Waals surface area (Å²) in [6.07, 6.45) is 0.466. The van der Waals surface area contributed by atoms with Crippen LogP contribution in [0, 0.1) is 13.8 Å². The van der Waals surface area contributed by atoms with E-state index in [-0.39, 0.29) is 6.67 Å². The quantitative estimate of drug-likeness (QED) is 0.650. The molecular formula is C11H15FO. The fourth-order valence-corrected chi connectivity index (χ4v) is 1.26. The summed E-state index contributed by atoms with van der Waals surface area (Å²) in [5, 5.41) is 0. The van der Waals surface area contributed by atoms with Crippen LogP contribution in [0.3, 0.4) is 0 Å². The van der Waals surface area contributed by atoms with Crippen LogP contribution in [0.1, 0.15) is 17.5 Å². The fourth-order valence-electron chi connectivity index (χ4n) is 1.26. The van der Waals surface area contributed by atoms with Crippen molar-refractivity contribution in [2.45, 2.75) is 20.3 Å². The highest BCUT2D eigenvalue weighted by Gasteiger charge is 2.01. The van der Waals surface area contributed by atoms with Crippen LogP contribution in [0.5, 0.6) is 5.75 Å². The minimum atomic E-state index is -0.315. The van der Waals surface area contributed by atoms with Gasteiger partial charge in [0.15, 0.2) is 0 Å². The maximum atomic E-state index is 11.8. The molecule has 1 aromatic rings. The van der Waals surface area contributed by atoms with Gasteiger partial charge in [-0.25, -0.2) is 0 Å². The van der Waals surface area contributed by atoms with Crippen LogP contribution in [0.15, 0.2) is 18.2 Å². The lowest BCUT2D eigenvalue weighted by Gasteiger charge is -2.10. The van der Waals surface area contributed by atoms with Crippen molar-refractivity contribution in [3.05, 3.63) is 29.3 Å². The van der Waals surface area contributed by atoms with E-state index in [1.54, 1.807) is 0 Å². The molecule has 0 unspecified atom stereocenters. The summed E-state index contributed by atoms with van der Waals surface area (Å²) in [7, 11) is 0. The Morgan fingerprint density at radius 1 is 1.23 bits per heavy atom. The lowest BCUT2D eigenvalue weighted by molar-refractivity contribution is 0.286. The van der Waals surface area contributed by atoms with Gasteiger partial charge in [0.05, 0.1) is 13.3 Å². The first-order valence-electron chi connectivity index (χ1n) is 4.50. The summed E-state index contributed by atoms with van der Waals surface area (Å²) < 4.78 is 17.3. The molecule has 0 N–H and O–H groups in total. The predicted molar refractivity (Wildman–Crippen MR) is 52.0 cm³/mol. The van der Waals surface area contributed by atoms with Gasteiger partial charge < -0.3 is 4.74 Å². The number of halogens is 1. The molecule has 0 aliphatic heterocycles. The average molecular weight is 182 g/mol. The minimum Gasteiger partial charge on any atom is -0.493 e. The van der Waals surface area contributed by atoms with E-state index in [2.05, 4.69) is 0 Å². The van der Waals surface area contributed by atoms with E-state index >= 15 is 0 Å². The Bertz CT molecular complexity index is 251. The summed E-state index contributed by atoms with van der Waals surface area (Å²) in [5.74, 6) is 0.899. The first-order chi connectivity index (χ1) is 6.25. The monoisotopic (exact) mass is 182 g/mol. The van der Waals surface area contributed by atoms with Crippen molar-refractivity contribution >= 4 is 0 Å². The molecule has 1 nitrogen and oxygen atoms in total. The first kappa shape index (κ1) is 10.0. The highest BCUT2D eigenvalue weighted by Crippen LogP contribution is 2.22.